The van der Waals surface area contributed by atoms with Gasteiger partial charge >= 0.3 is 35.8 Å². The van der Waals surface area contributed by atoms with Crippen LogP contribution in [-0.4, -0.2) is 75.5 Å². The lowest BCUT2D eigenvalue weighted by Crippen LogP contribution is -2.39. The first kappa shape index (κ1) is 41.0. The Kier molecular flexibility index (Phi) is 16.2. The molecule has 1 aromatic carbocycles. The second-order valence-corrected chi connectivity index (χ2v) is 11.8. The van der Waals surface area contributed by atoms with Gasteiger partial charge in [0.05, 0.1) is 22.0 Å². The summed E-state index contributed by atoms with van der Waals surface area (Å²) in [5, 5.41) is 0. The standard InChI is InChI=1S/C36H46O12/c1-11-35(17-43-29(37)23(3)4,18-44-30(38)24(5)6)21-47-33(41)27-15-13-14-16-28(27)34(42)48-22-36(12-2,19-45-31(39)25(7)8)20-46-32(40)26(9)10/h13-16H,3,5,7,9,11-12,17-22H2,1-2,4,6,8,10H3. The molecule has 1 aromatic rings. The number of rotatable bonds is 20. The molecule has 48 heavy (non-hydrogen) atoms. The molecule has 0 aliphatic carbocycles. The maximum atomic E-state index is 13.4. The Balaban J connectivity index is 3.24. The minimum absolute atomic E-state index is 0.130. The molecule has 0 saturated heterocycles. The highest BCUT2D eigenvalue weighted by molar-refractivity contribution is 6.03. The Morgan fingerprint density at radius 2 is 0.708 bits per heavy atom. The van der Waals surface area contributed by atoms with Crippen LogP contribution in [0, 0.1) is 10.8 Å². The van der Waals surface area contributed by atoms with E-state index in [1.807, 2.05) is 0 Å². The predicted molar refractivity (Wildman–Crippen MR) is 176 cm³/mol. The molecule has 1 rings (SSSR count). The molecule has 0 amide bonds. The quantitative estimate of drug-likeness (QED) is 0.101. The minimum atomic E-state index is -1.13. The summed E-state index contributed by atoms with van der Waals surface area (Å²) in [6.07, 6.45) is 0.532. The summed E-state index contributed by atoms with van der Waals surface area (Å²) in [4.78, 5) is 75.3. The average molecular weight is 671 g/mol. The van der Waals surface area contributed by atoms with Crippen LogP contribution in [0.1, 0.15) is 75.1 Å². The molecule has 0 saturated carbocycles. The Morgan fingerprint density at radius 3 is 0.917 bits per heavy atom. The van der Waals surface area contributed by atoms with Crippen molar-refractivity contribution in [3.05, 3.63) is 84.0 Å². The summed E-state index contributed by atoms with van der Waals surface area (Å²) >= 11 is 0. The summed E-state index contributed by atoms with van der Waals surface area (Å²) in [7, 11) is 0. The molecule has 12 nitrogen and oxygen atoms in total. The van der Waals surface area contributed by atoms with Crippen molar-refractivity contribution in [1.29, 1.82) is 0 Å². The maximum Gasteiger partial charge on any atom is 0.339 e. The van der Waals surface area contributed by atoms with Gasteiger partial charge in [-0.15, -0.1) is 0 Å². The summed E-state index contributed by atoms with van der Waals surface area (Å²) in [6, 6.07) is 5.78. The first-order valence-corrected chi connectivity index (χ1v) is 15.2. The molecule has 0 aliphatic rings. The summed E-state index contributed by atoms with van der Waals surface area (Å²) < 4.78 is 32.5. The average Bonchev–Trinajstić information content (AvgIpc) is 3.06. The predicted octanol–water partition coefficient (Wildman–Crippen LogP) is 5.27. The van der Waals surface area contributed by atoms with Crippen LogP contribution in [0.5, 0.6) is 0 Å². The Hall–Kier alpha value is -5.00. The van der Waals surface area contributed by atoms with Crippen LogP contribution >= 0.6 is 0 Å². The van der Waals surface area contributed by atoms with E-state index >= 15 is 0 Å². The fourth-order valence-corrected chi connectivity index (χ4v) is 3.66. The van der Waals surface area contributed by atoms with Gasteiger partial charge in [0.15, 0.2) is 0 Å². The molecule has 0 heterocycles. The second kappa shape index (κ2) is 19.0. The van der Waals surface area contributed by atoms with E-state index in [1.165, 1.54) is 52.0 Å². The topological polar surface area (TPSA) is 158 Å². The van der Waals surface area contributed by atoms with E-state index < -0.39 is 46.6 Å². The van der Waals surface area contributed by atoms with Gasteiger partial charge in [-0.1, -0.05) is 52.3 Å². The molecule has 0 fully saturated rings. The van der Waals surface area contributed by atoms with Crippen molar-refractivity contribution in [1.82, 2.24) is 0 Å². The second-order valence-electron chi connectivity index (χ2n) is 11.8. The highest BCUT2D eigenvalue weighted by atomic mass is 16.6. The van der Waals surface area contributed by atoms with Gasteiger partial charge in [0.2, 0.25) is 0 Å². The fourth-order valence-electron chi connectivity index (χ4n) is 3.66. The van der Waals surface area contributed by atoms with Gasteiger partial charge in [-0.25, -0.2) is 28.8 Å². The van der Waals surface area contributed by atoms with Crippen molar-refractivity contribution in [2.75, 3.05) is 39.6 Å². The minimum Gasteiger partial charge on any atom is -0.461 e. The largest absolute Gasteiger partial charge is 0.461 e. The molecule has 0 aliphatic heterocycles. The Morgan fingerprint density at radius 1 is 0.479 bits per heavy atom. The van der Waals surface area contributed by atoms with Crippen molar-refractivity contribution in [2.24, 2.45) is 10.8 Å². The van der Waals surface area contributed by atoms with E-state index in [1.54, 1.807) is 13.8 Å². The van der Waals surface area contributed by atoms with Gasteiger partial charge in [0.1, 0.15) is 39.6 Å². The smallest absolute Gasteiger partial charge is 0.339 e. The van der Waals surface area contributed by atoms with Gasteiger partial charge < -0.3 is 28.4 Å². The van der Waals surface area contributed by atoms with E-state index in [9.17, 15) is 28.8 Å². The van der Waals surface area contributed by atoms with Gasteiger partial charge in [-0.05, 0) is 52.7 Å². The van der Waals surface area contributed by atoms with Gasteiger partial charge in [0.25, 0.3) is 0 Å². The van der Waals surface area contributed by atoms with E-state index in [2.05, 4.69) is 26.3 Å². The molecule has 0 N–H and O–H groups in total. The van der Waals surface area contributed by atoms with Crippen molar-refractivity contribution >= 4 is 35.8 Å². The Labute approximate surface area is 281 Å². The van der Waals surface area contributed by atoms with Crippen LogP contribution in [0.2, 0.25) is 0 Å². The number of benzene rings is 1. The van der Waals surface area contributed by atoms with Crippen LogP contribution in [0.15, 0.2) is 72.9 Å². The molecule has 0 radical (unpaired) electrons. The zero-order valence-electron chi connectivity index (χ0n) is 28.7. The van der Waals surface area contributed by atoms with Crippen LogP contribution in [0.25, 0.3) is 0 Å². The van der Waals surface area contributed by atoms with Gasteiger partial charge in [-0.2, -0.15) is 0 Å². The van der Waals surface area contributed by atoms with Crippen molar-refractivity contribution in [3.63, 3.8) is 0 Å². The molecular weight excluding hydrogens is 624 g/mol. The van der Waals surface area contributed by atoms with Crippen LogP contribution < -0.4 is 0 Å². The number of hydrogen-bond donors (Lipinski definition) is 0. The monoisotopic (exact) mass is 670 g/mol. The lowest BCUT2D eigenvalue weighted by Gasteiger charge is -2.31. The lowest BCUT2D eigenvalue weighted by molar-refractivity contribution is -0.153. The summed E-state index contributed by atoms with van der Waals surface area (Å²) in [5.74, 6) is -4.50. The molecule has 0 aromatic heterocycles. The highest BCUT2D eigenvalue weighted by Crippen LogP contribution is 2.28. The highest BCUT2D eigenvalue weighted by Gasteiger charge is 2.37. The van der Waals surface area contributed by atoms with Gasteiger partial charge in [-0.3, -0.25) is 0 Å². The first-order chi connectivity index (χ1) is 22.4. The van der Waals surface area contributed by atoms with Crippen molar-refractivity contribution in [2.45, 2.75) is 54.4 Å². The SMILES string of the molecule is C=C(C)C(=O)OCC(CC)(COC(=O)C(=C)C)COC(=O)c1ccccc1C(=O)OCC(CC)(COC(=O)C(=C)C)COC(=O)C(=C)C. The molecule has 0 bridgehead atoms. The fraction of sp³-hybridized carbons (Fsp3) is 0.444. The van der Waals surface area contributed by atoms with Crippen molar-refractivity contribution in [3.8, 4) is 0 Å². The molecule has 262 valence electrons. The third-order valence-electron chi connectivity index (χ3n) is 7.32. The lowest BCUT2D eigenvalue weighted by atomic mass is 9.87. The number of ether oxygens (including phenoxy) is 6. The van der Waals surface area contributed by atoms with E-state index in [-0.39, 0.29) is 85.9 Å². The Bertz CT molecular complexity index is 1270. The number of carbonyl (C=O) groups excluding carboxylic acids is 6. The zero-order chi connectivity index (χ0) is 36.7. The van der Waals surface area contributed by atoms with Crippen LogP contribution in [-0.2, 0) is 47.6 Å². The summed E-state index contributed by atoms with van der Waals surface area (Å²) in [6.45, 7) is 21.8. The first-order valence-electron chi connectivity index (χ1n) is 15.2. The van der Waals surface area contributed by atoms with E-state index in [0.29, 0.717) is 0 Å². The molecule has 0 spiro atoms. The van der Waals surface area contributed by atoms with E-state index in [4.69, 9.17) is 28.4 Å². The van der Waals surface area contributed by atoms with Crippen LogP contribution in [0.3, 0.4) is 0 Å². The third kappa shape index (κ3) is 12.7. The van der Waals surface area contributed by atoms with Crippen LogP contribution in [0.4, 0.5) is 0 Å². The number of hydrogen-bond acceptors (Lipinski definition) is 12. The van der Waals surface area contributed by atoms with Crippen molar-refractivity contribution < 1.29 is 57.2 Å². The molecule has 0 unspecified atom stereocenters. The zero-order valence-corrected chi connectivity index (χ0v) is 28.7. The van der Waals surface area contributed by atoms with E-state index in [0.717, 1.165) is 0 Å². The number of esters is 6. The molecule has 12 heteroatoms. The molecule has 0 atom stereocenters. The van der Waals surface area contributed by atoms with Gasteiger partial charge in [0, 0.05) is 22.3 Å². The normalized spacial score (nSPS) is 11.0. The third-order valence-corrected chi connectivity index (χ3v) is 7.32. The summed E-state index contributed by atoms with van der Waals surface area (Å²) in [5.41, 5.74) is -1.92. The molecular formula is C36H46O12. The maximum absolute atomic E-state index is 13.4. The number of carbonyl (C=O) groups is 6.